The number of alkyl halides is 1. The molecule has 0 fully saturated rings. The van der Waals surface area contributed by atoms with Crippen molar-refractivity contribution in [1.29, 1.82) is 0 Å². The van der Waals surface area contributed by atoms with E-state index in [2.05, 4.69) is 4.18 Å². The summed E-state index contributed by atoms with van der Waals surface area (Å²) in [5.74, 6) is 0. The van der Waals surface area contributed by atoms with Gasteiger partial charge in [0.1, 0.15) is 6.07 Å². The molecule has 6 heavy (non-hydrogen) atoms. The lowest BCUT2D eigenvalue weighted by molar-refractivity contribution is 0.424. The highest BCUT2D eigenvalue weighted by Gasteiger charge is 1.80. The Bertz CT molecular complexity index is 55.5. The first kappa shape index (κ1) is 6.40. The Morgan fingerprint density at radius 1 is 2.00 bits per heavy atom. The van der Waals surface area contributed by atoms with Gasteiger partial charge in [0, 0.05) is 6.26 Å². The van der Waals surface area contributed by atoms with E-state index in [1.165, 1.54) is 6.26 Å². The summed E-state index contributed by atoms with van der Waals surface area (Å²) in [5.41, 5.74) is 0. The van der Waals surface area contributed by atoms with Gasteiger partial charge in [-0.1, -0.05) is 11.6 Å². The summed E-state index contributed by atoms with van der Waals surface area (Å²) >= 11 is 3.78. The summed E-state index contributed by atoms with van der Waals surface area (Å²) in [7, 11) is 0. The van der Waals surface area contributed by atoms with Crippen LogP contribution < -0.4 is 0 Å². The van der Waals surface area contributed by atoms with E-state index in [1.807, 2.05) is 0 Å². The zero-order chi connectivity index (χ0) is 4.99. The largest absolute Gasteiger partial charge is 0.275 e. The van der Waals surface area contributed by atoms with Gasteiger partial charge in [-0.05, 0) is 0 Å². The van der Waals surface area contributed by atoms with Crippen LogP contribution >= 0.6 is 11.6 Å². The summed E-state index contributed by atoms with van der Waals surface area (Å²) in [6.45, 7) is 0. The van der Waals surface area contributed by atoms with Gasteiger partial charge in [-0.2, -0.15) is 0 Å². The minimum atomic E-state index is -1.20. The molecule has 0 aromatic rings. The summed E-state index contributed by atoms with van der Waals surface area (Å²) in [5, 5.41) is 0. The van der Waals surface area contributed by atoms with E-state index in [9.17, 15) is 4.21 Å². The van der Waals surface area contributed by atoms with Crippen molar-refractivity contribution in [2.24, 2.45) is 0 Å². The second-order valence-electron chi connectivity index (χ2n) is 0.628. The third-order valence-corrected chi connectivity index (χ3v) is 0.899. The Morgan fingerprint density at radius 3 is 2.50 bits per heavy atom. The standard InChI is InChI=1S/C2H5ClO2S/c1-6(4)5-2-3/h2H2,1H3. The molecule has 0 aliphatic carbocycles. The lowest BCUT2D eigenvalue weighted by Gasteiger charge is -1.84. The molecule has 2 nitrogen and oxygen atoms in total. The average Bonchev–Trinajstić information content (AvgIpc) is 1.35. The molecule has 0 amide bonds. The predicted molar refractivity (Wildman–Crippen MR) is 25.9 cm³/mol. The van der Waals surface area contributed by atoms with Crippen molar-refractivity contribution in [2.75, 3.05) is 12.3 Å². The molecule has 0 spiro atoms. The van der Waals surface area contributed by atoms with Gasteiger partial charge >= 0.3 is 0 Å². The van der Waals surface area contributed by atoms with Crippen LogP contribution in [-0.2, 0) is 15.3 Å². The van der Waals surface area contributed by atoms with Crippen molar-refractivity contribution < 1.29 is 8.39 Å². The molecule has 4 heteroatoms. The van der Waals surface area contributed by atoms with Crippen molar-refractivity contribution in [3.63, 3.8) is 0 Å². The molecular formula is C2H5ClO2S. The maximum absolute atomic E-state index is 9.85. The normalized spacial score (nSPS) is 14.3. The van der Waals surface area contributed by atoms with Crippen LogP contribution in [0.5, 0.6) is 0 Å². The lowest BCUT2D eigenvalue weighted by Crippen LogP contribution is -1.88. The van der Waals surface area contributed by atoms with Crippen LogP contribution in [-0.4, -0.2) is 16.5 Å². The maximum atomic E-state index is 9.85. The molecule has 0 rings (SSSR count). The molecule has 38 valence electrons. The summed E-state index contributed by atoms with van der Waals surface area (Å²) in [6, 6.07) is 0.00309. The third-order valence-electron chi connectivity index (χ3n) is 0.211. The second-order valence-corrected chi connectivity index (χ2v) is 1.89. The van der Waals surface area contributed by atoms with Gasteiger partial charge in [-0.25, -0.2) is 4.21 Å². The van der Waals surface area contributed by atoms with Crippen LogP contribution in [0.2, 0.25) is 0 Å². The van der Waals surface area contributed by atoms with Crippen molar-refractivity contribution in [3.8, 4) is 0 Å². The summed E-state index contributed by atoms with van der Waals surface area (Å²) in [6.07, 6.45) is 1.42. The molecule has 0 bridgehead atoms. The van der Waals surface area contributed by atoms with E-state index >= 15 is 0 Å². The Hall–Kier alpha value is 0.400. The fourth-order valence-corrected chi connectivity index (χ4v) is 0.565. The predicted octanol–water partition coefficient (Wildman–Crippen LogP) is 0.493. The van der Waals surface area contributed by atoms with Crippen LogP contribution in [0.3, 0.4) is 0 Å². The van der Waals surface area contributed by atoms with Gasteiger partial charge in [0.05, 0.1) is 0 Å². The van der Waals surface area contributed by atoms with Crippen LogP contribution in [0.1, 0.15) is 0 Å². The van der Waals surface area contributed by atoms with Gasteiger partial charge in [0.25, 0.3) is 0 Å². The van der Waals surface area contributed by atoms with Crippen LogP contribution in [0.15, 0.2) is 0 Å². The Morgan fingerprint density at radius 2 is 2.50 bits per heavy atom. The topological polar surface area (TPSA) is 26.3 Å². The van der Waals surface area contributed by atoms with Crippen LogP contribution in [0.25, 0.3) is 0 Å². The first-order valence-electron chi connectivity index (χ1n) is 1.30. The quantitative estimate of drug-likeness (QED) is 0.506. The minimum Gasteiger partial charge on any atom is -0.275 e. The van der Waals surface area contributed by atoms with Crippen molar-refractivity contribution in [2.45, 2.75) is 0 Å². The lowest BCUT2D eigenvalue weighted by atomic mass is 11.7. The Labute approximate surface area is 44.1 Å². The SMILES string of the molecule is CS(=O)OCCl. The molecule has 0 heterocycles. The molecule has 0 saturated heterocycles. The van der Waals surface area contributed by atoms with Gasteiger partial charge in [-0.15, -0.1) is 0 Å². The summed E-state index contributed by atoms with van der Waals surface area (Å²) in [4.78, 5) is 0. The molecule has 1 atom stereocenters. The first-order chi connectivity index (χ1) is 2.77. The fraction of sp³-hybridized carbons (Fsp3) is 1.00. The second kappa shape index (κ2) is 3.59. The van der Waals surface area contributed by atoms with Crippen molar-refractivity contribution in [1.82, 2.24) is 0 Å². The van der Waals surface area contributed by atoms with E-state index in [0.717, 1.165) is 0 Å². The Balaban J connectivity index is 2.83. The smallest absolute Gasteiger partial charge is 0.153 e. The van der Waals surface area contributed by atoms with Gasteiger partial charge in [-0.3, -0.25) is 4.18 Å². The molecular weight excluding hydrogens is 124 g/mol. The number of halogens is 1. The minimum absolute atomic E-state index is 0.00309. The molecule has 0 aromatic heterocycles. The Kier molecular flexibility index (Phi) is 3.82. The van der Waals surface area contributed by atoms with Crippen molar-refractivity contribution >= 4 is 22.7 Å². The molecule has 0 aliphatic heterocycles. The van der Waals surface area contributed by atoms with E-state index in [4.69, 9.17) is 11.6 Å². The molecule has 0 radical (unpaired) electrons. The van der Waals surface area contributed by atoms with Crippen molar-refractivity contribution in [3.05, 3.63) is 0 Å². The molecule has 0 aliphatic rings. The van der Waals surface area contributed by atoms with E-state index in [1.54, 1.807) is 0 Å². The number of hydrogen-bond acceptors (Lipinski definition) is 2. The number of rotatable bonds is 2. The highest BCUT2D eigenvalue weighted by atomic mass is 35.5. The maximum Gasteiger partial charge on any atom is 0.153 e. The zero-order valence-electron chi connectivity index (χ0n) is 3.31. The van der Waals surface area contributed by atoms with Crippen LogP contribution in [0, 0.1) is 0 Å². The average molecular weight is 129 g/mol. The number of hydrogen-bond donors (Lipinski definition) is 0. The molecule has 0 saturated carbocycles. The molecule has 1 unspecified atom stereocenters. The third kappa shape index (κ3) is 4.40. The highest BCUT2D eigenvalue weighted by Crippen LogP contribution is 1.80. The fourth-order valence-electron chi connectivity index (χ4n) is 0.0627. The summed E-state index contributed by atoms with van der Waals surface area (Å²) < 4.78 is 14.1. The van der Waals surface area contributed by atoms with E-state index in [-0.39, 0.29) is 6.07 Å². The van der Waals surface area contributed by atoms with Gasteiger partial charge in [0.2, 0.25) is 0 Å². The van der Waals surface area contributed by atoms with Crippen LogP contribution in [0.4, 0.5) is 0 Å². The van der Waals surface area contributed by atoms with E-state index in [0.29, 0.717) is 0 Å². The molecule has 0 N–H and O–H groups in total. The zero-order valence-corrected chi connectivity index (χ0v) is 4.88. The monoisotopic (exact) mass is 128 g/mol. The van der Waals surface area contributed by atoms with Gasteiger partial charge in [0.15, 0.2) is 11.1 Å². The molecule has 0 aromatic carbocycles. The first-order valence-corrected chi connectivity index (χ1v) is 3.32. The van der Waals surface area contributed by atoms with E-state index < -0.39 is 11.1 Å². The highest BCUT2D eigenvalue weighted by molar-refractivity contribution is 7.79. The van der Waals surface area contributed by atoms with Gasteiger partial charge < -0.3 is 0 Å².